The molecule has 3 aromatic carbocycles. The van der Waals surface area contributed by atoms with E-state index in [1.807, 2.05) is 56.3 Å². The smallest absolute Gasteiger partial charge is 0.287 e. The van der Waals surface area contributed by atoms with E-state index in [1.165, 1.54) is 16.3 Å². The van der Waals surface area contributed by atoms with Crippen molar-refractivity contribution in [3.8, 4) is 5.75 Å². The first kappa shape index (κ1) is 22.3. The van der Waals surface area contributed by atoms with E-state index in [4.69, 9.17) is 27.9 Å². The van der Waals surface area contributed by atoms with Gasteiger partial charge < -0.3 is 4.74 Å². The number of aryl methyl sites for hydroxylation is 2. The number of benzene rings is 3. The molecule has 0 N–H and O–H groups in total. The number of halogens is 2. The van der Waals surface area contributed by atoms with Gasteiger partial charge in [0.1, 0.15) is 5.75 Å². The number of nitrogens with zero attached hydrogens (tertiary/aromatic N) is 3. The number of hydrogen-bond acceptors (Lipinski definition) is 5. The number of aromatic nitrogens is 1. The fourth-order valence-electron chi connectivity index (χ4n) is 2.90. The van der Waals surface area contributed by atoms with Gasteiger partial charge in [-0.25, -0.2) is 4.98 Å². The molecule has 0 saturated carbocycles. The van der Waals surface area contributed by atoms with Crippen LogP contribution in [0.1, 0.15) is 16.7 Å². The molecule has 5 nitrogen and oxygen atoms in total. The van der Waals surface area contributed by atoms with E-state index in [2.05, 4.69) is 10.1 Å². The van der Waals surface area contributed by atoms with Crippen molar-refractivity contribution in [1.29, 1.82) is 0 Å². The maximum atomic E-state index is 13.1. The molecule has 0 radical (unpaired) electrons. The molecular weight excluding hydrogens is 465 g/mol. The van der Waals surface area contributed by atoms with Crippen LogP contribution in [0.4, 0.5) is 5.13 Å². The second-order valence-corrected chi connectivity index (χ2v) is 9.04. The van der Waals surface area contributed by atoms with Crippen LogP contribution in [0.5, 0.6) is 5.75 Å². The molecule has 8 heteroatoms. The highest BCUT2D eigenvalue weighted by molar-refractivity contribution is 7.22. The summed E-state index contributed by atoms with van der Waals surface area (Å²) in [6.45, 7) is 3.77. The second kappa shape index (κ2) is 9.69. The number of hydrazone groups is 1. The largest absolute Gasteiger partial charge is 0.482 e. The van der Waals surface area contributed by atoms with E-state index in [0.717, 1.165) is 26.9 Å². The van der Waals surface area contributed by atoms with E-state index >= 15 is 0 Å². The first-order valence-electron chi connectivity index (χ1n) is 9.78. The van der Waals surface area contributed by atoms with Gasteiger partial charge in [0.2, 0.25) is 5.13 Å². The topological polar surface area (TPSA) is 54.8 Å². The molecule has 0 atom stereocenters. The lowest BCUT2D eigenvalue weighted by Gasteiger charge is -2.15. The van der Waals surface area contributed by atoms with Gasteiger partial charge in [-0.1, -0.05) is 70.4 Å². The van der Waals surface area contributed by atoms with Crippen LogP contribution in [0.2, 0.25) is 10.0 Å². The van der Waals surface area contributed by atoms with Crippen molar-refractivity contribution in [2.24, 2.45) is 5.10 Å². The van der Waals surface area contributed by atoms with Gasteiger partial charge in [0.25, 0.3) is 5.91 Å². The quantitative estimate of drug-likeness (QED) is 0.227. The summed E-state index contributed by atoms with van der Waals surface area (Å²) in [5, 5.41) is 6.98. The minimum absolute atomic E-state index is 0.262. The van der Waals surface area contributed by atoms with Crippen molar-refractivity contribution in [3.63, 3.8) is 0 Å². The Labute approximate surface area is 199 Å². The Kier molecular flexibility index (Phi) is 6.74. The molecule has 0 saturated heterocycles. The number of ether oxygens (including phenoxy) is 1. The molecule has 0 aliphatic heterocycles. The van der Waals surface area contributed by atoms with Crippen LogP contribution in [0.15, 0.2) is 65.8 Å². The fraction of sp³-hybridized carbons (Fsp3) is 0.125. The molecular formula is C24H19Cl2N3O2S. The van der Waals surface area contributed by atoms with Crippen molar-refractivity contribution < 1.29 is 9.53 Å². The lowest BCUT2D eigenvalue weighted by molar-refractivity contribution is -0.120. The van der Waals surface area contributed by atoms with Crippen LogP contribution in [0, 0.1) is 13.8 Å². The number of hydrogen-bond donors (Lipinski definition) is 0. The molecule has 162 valence electrons. The van der Waals surface area contributed by atoms with Crippen LogP contribution in [-0.4, -0.2) is 23.7 Å². The molecule has 0 aliphatic rings. The Morgan fingerprint density at radius 3 is 2.56 bits per heavy atom. The summed E-state index contributed by atoms with van der Waals surface area (Å²) in [4.78, 5) is 17.7. The number of amides is 1. The number of anilines is 1. The van der Waals surface area contributed by atoms with Gasteiger partial charge in [0.05, 0.1) is 21.5 Å². The van der Waals surface area contributed by atoms with Crippen molar-refractivity contribution in [3.05, 3.63) is 87.4 Å². The highest BCUT2D eigenvalue weighted by Crippen LogP contribution is 2.31. The predicted octanol–water partition coefficient (Wildman–Crippen LogP) is 6.67. The average molecular weight is 484 g/mol. The Morgan fingerprint density at radius 1 is 1.06 bits per heavy atom. The highest BCUT2D eigenvalue weighted by atomic mass is 35.5. The van der Waals surface area contributed by atoms with Gasteiger partial charge in [0, 0.05) is 5.02 Å². The molecule has 1 aromatic heterocycles. The third kappa shape index (κ3) is 5.27. The fourth-order valence-corrected chi connectivity index (χ4v) is 4.40. The highest BCUT2D eigenvalue weighted by Gasteiger charge is 2.20. The second-order valence-electron chi connectivity index (χ2n) is 7.19. The van der Waals surface area contributed by atoms with Gasteiger partial charge in [-0.2, -0.15) is 10.1 Å². The zero-order valence-electron chi connectivity index (χ0n) is 17.4. The third-order valence-electron chi connectivity index (χ3n) is 4.59. The molecule has 4 rings (SSSR count). The molecule has 4 aromatic rings. The predicted molar refractivity (Wildman–Crippen MR) is 133 cm³/mol. The Hall–Kier alpha value is -2.93. The summed E-state index contributed by atoms with van der Waals surface area (Å²) < 4.78 is 6.62. The molecule has 1 heterocycles. The zero-order chi connectivity index (χ0) is 22.7. The average Bonchev–Trinajstić information content (AvgIpc) is 3.17. The monoisotopic (exact) mass is 483 g/mol. The summed E-state index contributed by atoms with van der Waals surface area (Å²) in [6.07, 6.45) is 1.63. The lowest BCUT2D eigenvalue weighted by Crippen LogP contribution is -2.30. The number of rotatable bonds is 6. The number of thiazole rings is 1. The maximum Gasteiger partial charge on any atom is 0.287 e. The van der Waals surface area contributed by atoms with Crippen LogP contribution in [-0.2, 0) is 4.79 Å². The van der Waals surface area contributed by atoms with Crippen molar-refractivity contribution >= 4 is 62.0 Å². The normalized spacial score (nSPS) is 11.2. The molecule has 0 spiro atoms. The van der Waals surface area contributed by atoms with Gasteiger partial charge in [-0.15, -0.1) is 0 Å². The van der Waals surface area contributed by atoms with Crippen molar-refractivity contribution in [1.82, 2.24) is 4.98 Å². The lowest BCUT2D eigenvalue weighted by atomic mass is 10.2. The minimum Gasteiger partial charge on any atom is -0.482 e. The summed E-state index contributed by atoms with van der Waals surface area (Å²) >= 11 is 13.5. The molecule has 0 aliphatic carbocycles. The standard InChI is InChI=1S/C24H19Cl2N3O2S/c1-15-3-6-17(7-4-15)13-27-29(24-28-20-9-5-16(2)11-22(20)32-24)23(30)14-31-21-10-8-18(25)12-19(21)26/h3-13H,14H2,1-2H3/b27-13+. The first-order chi connectivity index (χ1) is 15.4. The minimum atomic E-state index is -0.379. The van der Waals surface area contributed by atoms with Gasteiger partial charge in [-0.05, 0) is 55.3 Å². The molecule has 0 bridgehead atoms. The summed E-state index contributed by atoms with van der Waals surface area (Å²) in [5.74, 6) is -0.0121. The third-order valence-corrected chi connectivity index (χ3v) is 6.12. The van der Waals surface area contributed by atoms with Gasteiger partial charge in [0.15, 0.2) is 6.61 Å². The van der Waals surface area contributed by atoms with Crippen LogP contribution in [0.25, 0.3) is 10.2 Å². The Balaban J connectivity index is 1.62. The van der Waals surface area contributed by atoms with Crippen molar-refractivity contribution in [2.45, 2.75) is 13.8 Å². The Bertz CT molecular complexity index is 1300. The summed E-state index contributed by atoms with van der Waals surface area (Å²) in [6, 6.07) is 18.6. The van der Waals surface area contributed by atoms with Crippen LogP contribution in [0.3, 0.4) is 0 Å². The zero-order valence-corrected chi connectivity index (χ0v) is 19.7. The Morgan fingerprint density at radius 2 is 1.81 bits per heavy atom. The summed E-state index contributed by atoms with van der Waals surface area (Å²) in [7, 11) is 0. The van der Waals surface area contributed by atoms with Crippen LogP contribution >= 0.6 is 34.5 Å². The number of carbonyl (C=O) groups excluding carboxylic acids is 1. The number of carbonyl (C=O) groups is 1. The van der Waals surface area contributed by atoms with Gasteiger partial charge >= 0.3 is 0 Å². The van der Waals surface area contributed by atoms with Crippen LogP contribution < -0.4 is 9.75 Å². The van der Waals surface area contributed by atoms with Gasteiger partial charge in [-0.3, -0.25) is 4.79 Å². The molecule has 0 unspecified atom stereocenters. The van der Waals surface area contributed by atoms with E-state index in [9.17, 15) is 4.79 Å². The molecule has 32 heavy (non-hydrogen) atoms. The molecule has 1 amide bonds. The summed E-state index contributed by atoms with van der Waals surface area (Å²) in [5.41, 5.74) is 3.94. The SMILES string of the molecule is Cc1ccc(/C=N/N(C(=O)COc2ccc(Cl)cc2Cl)c2nc3ccc(C)cc3s2)cc1. The number of fused-ring (bicyclic) bond motifs is 1. The van der Waals surface area contributed by atoms with E-state index in [0.29, 0.717) is 20.9 Å². The van der Waals surface area contributed by atoms with E-state index in [-0.39, 0.29) is 12.5 Å². The maximum absolute atomic E-state index is 13.1. The first-order valence-corrected chi connectivity index (χ1v) is 11.3. The van der Waals surface area contributed by atoms with Crippen molar-refractivity contribution in [2.75, 3.05) is 11.6 Å². The molecule has 0 fully saturated rings. The van der Waals surface area contributed by atoms with E-state index in [1.54, 1.807) is 24.4 Å². The van der Waals surface area contributed by atoms with E-state index < -0.39 is 0 Å².